The number of hydrogen-bond acceptors (Lipinski definition) is 4. The molecule has 34 heavy (non-hydrogen) atoms. The molecule has 0 saturated heterocycles. The number of carbonyl (C=O) groups is 1. The van der Waals surface area contributed by atoms with Gasteiger partial charge < -0.3 is 5.32 Å². The van der Waals surface area contributed by atoms with Gasteiger partial charge in [0.05, 0.1) is 16.3 Å². The zero-order valence-electron chi connectivity index (χ0n) is 19.5. The van der Waals surface area contributed by atoms with E-state index in [0.717, 1.165) is 24.1 Å². The number of nitrogens with one attached hydrogen (secondary N) is 2. The summed E-state index contributed by atoms with van der Waals surface area (Å²) in [6.07, 6.45) is 2.43. The van der Waals surface area contributed by atoms with Crippen LogP contribution in [0.3, 0.4) is 0 Å². The second-order valence-corrected chi connectivity index (χ2v) is 11.4. The van der Waals surface area contributed by atoms with E-state index in [9.17, 15) is 17.6 Å². The lowest BCUT2D eigenvalue weighted by molar-refractivity contribution is -0.116. The summed E-state index contributed by atoms with van der Waals surface area (Å²) in [5.41, 5.74) is 2.07. The summed E-state index contributed by atoms with van der Waals surface area (Å²) in [4.78, 5) is 12.9. The Balaban J connectivity index is 1.43. The molecule has 2 N–H and O–H groups in total. The van der Waals surface area contributed by atoms with Crippen molar-refractivity contribution >= 4 is 21.7 Å². The highest BCUT2D eigenvalue weighted by atomic mass is 32.2. The van der Waals surface area contributed by atoms with Crippen molar-refractivity contribution in [3.8, 4) is 5.69 Å². The predicted octanol–water partition coefficient (Wildman–Crippen LogP) is 4.32. The molecule has 3 aromatic rings. The summed E-state index contributed by atoms with van der Waals surface area (Å²) in [5, 5.41) is 7.54. The SMILES string of the molecule is CC(C)(C)c1cc(NC(=O)CCc2ccc(S(=O)(=O)NC3CC3)cc2)n(-c2ccc(F)cc2)n1. The molecule has 0 bridgehead atoms. The van der Waals surface area contributed by atoms with Crippen LogP contribution in [-0.4, -0.2) is 30.1 Å². The largest absolute Gasteiger partial charge is 0.311 e. The molecule has 2 aromatic carbocycles. The second-order valence-electron chi connectivity index (χ2n) is 9.64. The first-order chi connectivity index (χ1) is 16.0. The highest BCUT2D eigenvalue weighted by Crippen LogP contribution is 2.27. The number of nitrogens with zero attached hydrogens (tertiary/aromatic N) is 2. The van der Waals surface area contributed by atoms with Crippen molar-refractivity contribution in [3.63, 3.8) is 0 Å². The van der Waals surface area contributed by atoms with E-state index in [2.05, 4.69) is 15.1 Å². The molecular formula is C25H29FN4O3S. The fourth-order valence-electron chi connectivity index (χ4n) is 3.40. The Morgan fingerprint density at radius 1 is 1.09 bits per heavy atom. The van der Waals surface area contributed by atoms with Gasteiger partial charge in [-0.1, -0.05) is 32.9 Å². The predicted molar refractivity (Wildman–Crippen MR) is 129 cm³/mol. The number of halogens is 1. The average Bonchev–Trinajstić information content (AvgIpc) is 3.47. The molecule has 0 atom stereocenters. The van der Waals surface area contributed by atoms with E-state index >= 15 is 0 Å². The Morgan fingerprint density at radius 2 is 1.74 bits per heavy atom. The van der Waals surface area contributed by atoms with E-state index in [0.29, 0.717) is 17.9 Å². The topological polar surface area (TPSA) is 93.1 Å². The van der Waals surface area contributed by atoms with Gasteiger partial charge in [0, 0.05) is 23.9 Å². The molecule has 0 radical (unpaired) electrons. The molecule has 180 valence electrons. The van der Waals surface area contributed by atoms with Crippen molar-refractivity contribution < 1.29 is 17.6 Å². The van der Waals surface area contributed by atoms with Crippen LogP contribution in [0.25, 0.3) is 5.69 Å². The van der Waals surface area contributed by atoms with Crippen LogP contribution in [0, 0.1) is 5.82 Å². The van der Waals surface area contributed by atoms with Gasteiger partial charge in [-0.25, -0.2) is 22.2 Å². The number of aromatic nitrogens is 2. The Labute approximate surface area is 199 Å². The Kier molecular flexibility index (Phi) is 6.60. The van der Waals surface area contributed by atoms with Crippen LogP contribution in [0.5, 0.6) is 0 Å². The van der Waals surface area contributed by atoms with Crippen LogP contribution in [0.2, 0.25) is 0 Å². The van der Waals surface area contributed by atoms with Gasteiger partial charge in [-0.15, -0.1) is 0 Å². The van der Waals surface area contributed by atoms with Gasteiger partial charge in [-0.2, -0.15) is 5.10 Å². The smallest absolute Gasteiger partial charge is 0.240 e. The number of amides is 1. The summed E-state index contributed by atoms with van der Waals surface area (Å²) < 4.78 is 42.2. The summed E-state index contributed by atoms with van der Waals surface area (Å²) in [6.45, 7) is 6.08. The molecule has 1 heterocycles. The van der Waals surface area contributed by atoms with Gasteiger partial charge >= 0.3 is 0 Å². The van der Waals surface area contributed by atoms with Crippen molar-refractivity contribution in [1.29, 1.82) is 0 Å². The monoisotopic (exact) mass is 484 g/mol. The molecule has 1 aliphatic rings. The first-order valence-corrected chi connectivity index (χ1v) is 12.8. The minimum Gasteiger partial charge on any atom is -0.311 e. The number of aryl methyl sites for hydroxylation is 1. The maximum atomic E-state index is 13.4. The van der Waals surface area contributed by atoms with Gasteiger partial charge in [-0.3, -0.25) is 4.79 Å². The minimum atomic E-state index is -3.49. The van der Waals surface area contributed by atoms with Gasteiger partial charge in [0.15, 0.2) is 0 Å². The summed E-state index contributed by atoms with van der Waals surface area (Å²) in [5.74, 6) is -0.0374. The molecule has 7 nitrogen and oxygen atoms in total. The highest BCUT2D eigenvalue weighted by molar-refractivity contribution is 7.89. The van der Waals surface area contributed by atoms with Crippen LogP contribution in [0.4, 0.5) is 10.2 Å². The van der Waals surface area contributed by atoms with E-state index in [-0.39, 0.29) is 34.5 Å². The third-order valence-corrected chi connectivity index (χ3v) is 7.13. The molecule has 1 fully saturated rings. The maximum absolute atomic E-state index is 13.4. The number of anilines is 1. The van der Waals surface area contributed by atoms with Crippen LogP contribution >= 0.6 is 0 Å². The van der Waals surface area contributed by atoms with Gasteiger partial charge in [-0.05, 0) is 61.2 Å². The molecule has 1 aliphatic carbocycles. The fraction of sp³-hybridized carbons (Fsp3) is 0.360. The molecule has 1 aromatic heterocycles. The molecule has 4 rings (SSSR count). The lowest BCUT2D eigenvalue weighted by Gasteiger charge is -2.14. The Bertz CT molecular complexity index is 1270. The fourth-order valence-corrected chi connectivity index (χ4v) is 4.71. The molecule has 9 heteroatoms. The first kappa shape index (κ1) is 24.1. The van der Waals surface area contributed by atoms with Gasteiger partial charge in [0.25, 0.3) is 0 Å². The summed E-state index contributed by atoms with van der Waals surface area (Å²) >= 11 is 0. The Hall–Kier alpha value is -3.04. The van der Waals surface area contributed by atoms with Crippen molar-refractivity contribution in [3.05, 3.63) is 71.7 Å². The maximum Gasteiger partial charge on any atom is 0.240 e. The number of rotatable bonds is 8. The lowest BCUT2D eigenvalue weighted by atomic mass is 9.92. The van der Waals surface area contributed by atoms with E-state index in [1.165, 1.54) is 12.1 Å². The van der Waals surface area contributed by atoms with Crippen molar-refractivity contribution in [2.45, 2.75) is 62.8 Å². The zero-order valence-corrected chi connectivity index (χ0v) is 20.3. The van der Waals surface area contributed by atoms with E-state index in [4.69, 9.17) is 0 Å². The molecule has 1 amide bonds. The first-order valence-electron chi connectivity index (χ1n) is 11.3. The number of benzene rings is 2. The lowest BCUT2D eigenvalue weighted by Crippen LogP contribution is -2.25. The quantitative estimate of drug-likeness (QED) is 0.498. The molecule has 0 spiro atoms. The average molecular weight is 485 g/mol. The molecule has 1 saturated carbocycles. The van der Waals surface area contributed by atoms with Crippen molar-refractivity contribution in [1.82, 2.24) is 14.5 Å². The molecule has 0 aliphatic heterocycles. The highest BCUT2D eigenvalue weighted by Gasteiger charge is 2.28. The van der Waals surface area contributed by atoms with E-state index in [1.54, 1.807) is 41.1 Å². The van der Waals surface area contributed by atoms with Crippen molar-refractivity contribution in [2.75, 3.05) is 5.32 Å². The van der Waals surface area contributed by atoms with Crippen LogP contribution < -0.4 is 10.0 Å². The number of sulfonamides is 1. The number of carbonyl (C=O) groups excluding carboxylic acids is 1. The third-order valence-electron chi connectivity index (χ3n) is 5.59. The van der Waals surface area contributed by atoms with E-state index < -0.39 is 10.0 Å². The summed E-state index contributed by atoms with van der Waals surface area (Å²) in [6, 6.07) is 14.4. The Morgan fingerprint density at radius 3 is 2.32 bits per heavy atom. The second kappa shape index (κ2) is 9.31. The van der Waals surface area contributed by atoms with Gasteiger partial charge in [0.1, 0.15) is 11.6 Å². The van der Waals surface area contributed by atoms with Crippen molar-refractivity contribution in [2.24, 2.45) is 0 Å². The standard InChI is InChI=1S/C25H29FN4O3S/c1-25(2,3)22-16-23(30(28-22)20-11-7-18(26)8-12-20)27-24(31)15-6-17-4-13-21(14-5-17)34(32,33)29-19-9-10-19/h4-5,7-8,11-14,16,19,29H,6,9-10,15H2,1-3H3,(H,27,31). The minimum absolute atomic E-state index is 0.0514. The zero-order chi connectivity index (χ0) is 24.5. The molecular weight excluding hydrogens is 455 g/mol. The van der Waals surface area contributed by atoms with Crippen LogP contribution in [0.1, 0.15) is 51.3 Å². The summed E-state index contributed by atoms with van der Waals surface area (Å²) in [7, 11) is -3.49. The van der Waals surface area contributed by atoms with Crippen LogP contribution in [-0.2, 0) is 26.7 Å². The molecule has 0 unspecified atom stereocenters. The number of hydrogen-bond donors (Lipinski definition) is 2. The van der Waals surface area contributed by atoms with Gasteiger partial charge in [0.2, 0.25) is 15.9 Å². The third kappa shape index (κ3) is 5.90. The normalized spacial score (nSPS) is 14.2. The van der Waals surface area contributed by atoms with E-state index in [1.807, 2.05) is 26.8 Å². The van der Waals surface area contributed by atoms with Crippen LogP contribution in [0.15, 0.2) is 59.5 Å².